The monoisotopic (exact) mass is 473 g/mol. The number of hydrogen-bond donors (Lipinski definition) is 0. The molecule has 0 radical (unpaired) electrons. The van der Waals surface area contributed by atoms with Gasteiger partial charge in [0.25, 0.3) is 5.91 Å². The van der Waals surface area contributed by atoms with Crippen molar-refractivity contribution in [3.63, 3.8) is 0 Å². The Morgan fingerprint density at radius 2 is 1.69 bits per heavy atom. The number of hydrogen-bond acceptors (Lipinski definition) is 4. The molecule has 2 aliphatic rings. The SMILES string of the molecule is COc1cccc(C(=O)N2CC(CN3CCN(c4ccccc4)CC3)C(c3cccc(F)c3)C2)c1. The Hall–Kier alpha value is -3.38. The first kappa shape index (κ1) is 23.4. The minimum absolute atomic E-state index is 0.00157. The van der Waals surface area contributed by atoms with Crippen LogP contribution in [0, 0.1) is 11.7 Å². The van der Waals surface area contributed by atoms with Crippen molar-refractivity contribution in [1.82, 2.24) is 9.80 Å². The first-order valence-corrected chi connectivity index (χ1v) is 12.3. The summed E-state index contributed by atoms with van der Waals surface area (Å²) >= 11 is 0. The molecule has 6 heteroatoms. The van der Waals surface area contributed by atoms with E-state index in [0.29, 0.717) is 24.4 Å². The molecule has 5 nitrogen and oxygen atoms in total. The quantitative estimate of drug-likeness (QED) is 0.528. The van der Waals surface area contributed by atoms with Gasteiger partial charge in [0.15, 0.2) is 0 Å². The second-order valence-corrected chi connectivity index (χ2v) is 9.49. The summed E-state index contributed by atoms with van der Waals surface area (Å²) < 4.78 is 19.4. The van der Waals surface area contributed by atoms with E-state index < -0.39 is 0 Å². The fraction of sp³-hybridized carbons (Fsp3) is 0.345. The lowest BCUT2D eigenvalue weighted by Gasteiger charge is -2.37. The third-order valence-electron chi connectivity index (χ3n) is 7.31. The van der Waals surface area contributed by atoms with Crippen LogP contribution in [0.25, 0.3) is 0 Å². The maximum absolute atomic E-state index is 14.1. The Balaban J connectivity index is 1.30. The van der Waals surface area contributed by atoms with Crippen molar-refractivity contribution in [2.24, 2.45) is 5.92 Å². The van der Waals surface area contributed by atoms with Gasteiger partial charge in [0.2, 0.25) is 0 Å². The summed E-state index contributed by atoms with van der Waals surface area (Å²) in [6.45, 7) is 6.06. The number of carbonyl (C=O) groups is 1. The molecule has 3 aromatic rings. The van der Waals surface area contributed by atoms with Crippen LogP contribution in [0.4, 0.5) is 10.1 Å². The molecule has 182 valence electrons. The van der Waals surface area contributed by atoms with Gasteiger partial charge in [0, 0.05) is 63.0 Å². The van der Waals surface area contributed by atoms with E-state index in [4.69, 9.17) is 4.74 Å². The highest BCUT2D eigenvalue weighted by Gasteiger charge is 2.38. The van der Waals surface area contributed by atoms with E-state index >= 15 is 0 Å². The lowest BCUT2D eigenvalue weighted by Crippen LogP contribution is -2.48. The zero-order valence-electron chi connectivity index (χ0n) is 20.1. The molecular weight excluding hydrogens is 441 g/mol. The molecule has 2 saturated heterocycles. The van der Waals surface area contributed by atoms with Crippen molar-refractivity contribution in [3.05, 3.63) is 95.8 Å². The van der Waals surface area contributed by atoms with Crippen molar-refractivity contribution >= 4 is 11.6 Å². The number of halogens is 1. The largest absolute Gasteiger partial charge is 0.497 e. The lowest BCUT2D eigenvalue weighted by molar-refractivity contribution is 0.0782. The number of likely N-dealkylation sites (tertiary alicyclic amines) is 1. The van der Waals surface area contributed by atoms with Crippen LogP contribution in [0.1, 0.15) is 21.8 Å². The number of piperazine rings is 1. The average Bonchev–Trinajstić information content (AvgIpc) is 3.33. The predicted molar refractivity (Wildman–Crippen MR) is 137 cm³/mol. The molecule has 0 aromatic heterocycles. The van der Waals surface area contributed by atoms with Crippen LogP contribution in [0.2, 0.25) is 0 Å². The summed E-state index contributed by atoms with van der Waals surface area (Å²) in [6, 6.07) is 24.7. The smallest absolute Gasteiger partial charge is 0.254 e. The molecule has 0 aliphatic carbocycles. The van der Waals surface area contributed by atoms with Crippen molar-refractivity contribution in [3.8, 4) is 5.75 Å². The number of benzene rings is 3. The first-order chi connectivity index (χ1) is 17.1. The van der Waals surface area contributed by atoms with E-state index in [1.807, 2.05) is 35.2 Å². The first-order valence-electron chi connectivity index (χ1n) is 12.3. The predicted octanol–water partition coefficient (Wildman–Crippen LogP) is 4.51. The van der Waals surface area contributed by atoms with Gasteiger partial charge < -0.3 is 14.5 Å². The molecule has 0 spiro atoms. The molecule has 2 fully saturated rings. The van der Waals surface area contributed by atoms with Crippen LogP contribution in [-0.4, -0.2) is 68.6 Å². The Labute approximate surface area is 206 Å². The summed E-state index contributed by atoms with van der Waals surface area (Å²) in [7, 11) is 1.60. The van der Waals surface area contributed by atoms with Gasteiger partial charge in [-0.3, -0.25) is 9.69 Å². The third kappa shape index (κ3) is 5.33. The number of para-hydroxylation sites is 1. The average molecular weight is 474 g/mol. The fourth-order valence-corrected chi connectivity index (χ4v) is 5.43. The molecule has 2 unspecified atom stereocenters. The van der Waals surface area contributed by atoms with Crippen molar-refractivity contribution in [1.29, 1.82) is 0 Å². The van der Waals surface area contributed by atoms with Crippen molar-refractivity contribution in [2.75, 3.05) is 57.8 Å². The van der Waals surface area contributed by atoms with Crippen LogP contribution in [0.3, 0.4) is 0 Å². The Morgan fingerprint density at radius 1 is 0.914 bits per heavy atom. The Bertz CT molecular complexity index is 1150. The second-order valence-electron chi connectivity index (χ2n) is 9.49. The molecule has 0 bridgehead atoms. The molecular formula is C29H32FN3O2. The van der Waals surface area contributed by atoms with Crippen LogP contribution in [0.5, 0.6) is 5.75 Å². The zero-order valence-corrected chi connectivity index (χ0v) is 20.1. The number of amides is 1. The maximum atomic E-state index is 14.1. The highest BCUT2D eigenvalue weighted by molar-refractivity contribution is 5.94. The zero-order chi connectivity index (χ0) is 24.2. The highest BCUT2D eigenvalue weighted by Crippen LogP contribution is 2.35. The van der Waals surface area contributed by atoms with E-state index in [0.717, 1.165) is 38.3 Å². The summed E-state index contributed by atoms with van der Waals surface area (Å²) in [5.74, 6) is 0.795. The standard InChI is InChI=1S/C29H32FN3O2/c1-35-27-12-6-8-23(18-27)29(34)33-20-24(28(21-33)22-7-5-9-25(30)17-22)19-31-13-15-32(16-14-31)26-10-3-2-4-11-26/h2-12,17-18,24,28H,13-16,19-21H2,1H3. The van der Waals surface area contributed by atoms with Gasteiger partial charge in [0.1, 0.15) is 11.6 Å². The number of ether oxygens (including phenoxy) is 1. The molecule has 35 heavy (non-hydrogen) atoms. The molecule has 1 amide bonds. The normalized spacial score (nSPS) is 20.7. The lowest BCUT2D eigenvalue weighted by atomic mass is 9.88. The maximum Gasteiger partial charge on any atom is 0.254 e. The minimum atomic E-state index is -0.227. The fourth-order valence-electron chi connectivity index (χ4n) is 5.43. The number of anilines is 1. The van der Waals surface area contributed by atoms with Gasteiger partial charge >= 0.3 is 0 Å². The molecule has 0 saturated carbocycles. The number of methoxy groups -OCH3 is 1. The van der Waals surface area contributed by atoms with E-state index in [9.17, 15) is 9.18 Å². The molecule has 2 heterocycles. The molecule has 0 N–H and O–H groups in total. The Kier molecular flexibility index (Phi) is 7.00. The van der Waals surface area contributed by atoms with Crippen LogP contribution >= 0.6 is 0 Å². The highest BCUT2D eigenvalue weighted by atomic mass is 19.1. The van der Waals surface area contributed by atoms with E-state index in [2.05, 4.69) is 34.1 Å². The number of rotatable bonds is 6. The number of carbonyl (C=O) groups excluding carboxylic acids is 1. The summed E-state index contributed by atoms with van der Waals surface area (Å²) in [5, 5.41) is 0. The third-order valence-corrected chi connectivity index (χ3v) is 7.31. The van der Waals surface area contributed by atoms with E-state index in [1.54, 1.807) is 25.3 Å². The van der Waals surface area contributed by atoms with Crippen LogP contribution < -0.4 is 9.64 Å². The van der Waals surface area contributed by atoms with Gasteiger partial charge in [0.05, 0.1) is 7.11 Å². The van der Waals surface area contributed by atoms with Gasteiger partial charge in [-0.25, -0.2) is 4.39 Å². The summed E-state index contributed by atoms with van der Waals surface area (Å²) in [5.41, 5.74) is 2.86. The Morgan fingerprint density at radius 3 is 2.43 bits per heavy atom. The topological polar surface area (TPSA) is 36.0 Å². The summed E-state index contributed by atoms with van der Waals surface area (Å²) in [6.07, 6.45) is 0. The second kappa shape index (κ2) is 10.5. The van der Waals surface area contributed by atoms with E-state index in [-0.39, 0.29) is 23.6 Å². The van der Waals surface area contributed by atoms with Gasteiger partial charge in [-0.05, 0) is 53.9 Å². The van der Waals surface area contributed by atoms with Crippen LogP contribution in [-0.2, 0) is 0 Å². The number of nitrogens with zero attached hydrogens (tertiary/aromatic N) is 3. The van der Waals surface area contributed by atoms with Crippen LogP contribution in [0.15, 0.2) is 78.9 Å². The minimum Gasteiger partial charge on any atom is -0.497 e. The van der Waals surface area contributed by atoms with Crippen molar-refractivity contribution < 1.29 is 13.9 Å². The van der Waals surface area contributed by atoms with Crippen molar-refractivity contribution in [2.45, 2.75) is 5.92 Å². The molecule has 3 aromatic carbocycles. The van der Waals surface area contributed by atoms with Gasteiger partial charge in [-0.1, -0.05) is 36.4 Å². The molecule has 2 atom stereocenters. The summed E-state index contributed by atoms with van der Waals surface area (Å²) in [4.78, 5) is 20.2. The van der Waals surface area contributed by atoms with Gasteiger partial charge in [-0.15, -0.1) is 0 Å². The van der Waals surface area contributed by atoms with Gasteiger partial charge in [-0.2, -0.15) is 0 Å². The van der Waals surface area contributed by atoms with E-state index in [1.165, 1.54) is 11.8 Å². The molecule has 2 aliphatic heterocycles. The molecule has 5 rings (SSSR count).